The Hall–Kier alpha value is -1.94. The smallest absolute Gasteiger partial charge is 0.462 e. The maximum absolute atomic E-state index is 13.1. The lowest BCUT2D eigenvalue weighted by Crippen LogP contribution is -2.30. The van der Waals surface area contributed by atoms with Crippen LogP contribution >= 0.6 is 15.6 Å². The van der Waals surface area contributed by atoms with Crippen LogP contribution in [0.2, 0.25) is 0 Å². The summed E-state index contributed by atoms with van der Waals surface area (Å²) < 4.78 is 68.6. The van der Waals surface area contributed by atoms with Crippen LogP contribution in [-0.4, -0.2) is 96.7 Å². The minimum absolute atomic E-state index is 0.104. The number of phosphoric acid groups is 2. The van der Waals surface area contributed by atoms with E-state index in [9.17, 15) is 43.2 Å². The monoisotopic (exact) mass is 1440 g/mol. The molecule has 0 saturated carbocycles. The first-order valence-electron chi connectivity index (χ1n) is 40.7. The second kappa shape index (κ2) is 68.2. The molecule has 0 bridgehead atoms. The van der Waals surface area contributed by atoms with Gasteiger partial charge in [0.1, 0.15) is 19.3 Å². The summed E-state index contributed by atoms with van der Waals surface area (Å²) in [4.78, 5) is 72.9. The van der Waals surface area contributed by atoms with Crippen molar-refractivity contribution in [3.8, 4) is 0 Å². The number of esters is 4. The van der Waals surface area contributed by atoms with Gasteiger partial charge in [-0.2, -0.15) is 0 Å². The van der Waals surface area contributed by atoms with Gasteiger partial charge in [-0.3, -0.25) is 37.3 Å². The molecule has 0 aromatic rings. The van der Waals surface area contributed by atoms with Crippen molar-refractivity contribution in [2.24, 2.45) is 23.7 Å². The summed E-state index contributed by atoms with van der Waals surface area (Å²) in [5, 5.41) is 10.6. The van der Waals surface area contributed by atoms with Crippen molar-refractivity contribution in [3.05, 3.63) is 0 Å². The van der Waals surface area contributed by atoms with Gasteiger partial charge in [-0.15, -0.1) is 0 Å². The second-order valence-electron chi connectivity index (χ2n) is 30.1. The van der Waals surface area contributed by atoms with E-state index in [0.717, 1.165) is 114 Å². The highest BCUT2D eigenvalue weighted by atomic mass is 31.2. The summed E-state index contributed by atoms with van der Waals surface area (Å²) in [6, 6.07) is 0. The molecule has 0 radical (unpaired) electrons. The third kappa shape index (κ3) is 71.1. The lowest BCUT2D eigenvalue weighted by Gasteiger charge is -2.21. The number of hydrogen-bond donors (Lipinski definition) is 3. The largest absolute Gasteiger partial charge is 0.472 e. The number of ether oxygens (including phenoxy) is 4. The van der Waals surface area contributed by atoms with E-state index in [0.29, 0.717) is 31.6 Å². The van der Waals surface area contributed by atoms with Crippen LogP contribution in [0.4, 0.5) is 0 Å². The van der Waals surface area contributed by atoms with Crippen molar-refractivity contribution < 1.29 is 80.2 Å². The molecular formula is C79H154O17P2. The average Bonchev–Trinajstić information content (AvgIpc) is 1.10. The van der Waals surface area contributed by atoms with Crippen molar-refractivity contribution >= 4 is 39.5 Å². The standard InChI is InChI=1S/C79H154O17P2/c1-9-72(8)58-50-42-34-26-20-16-14-12-10-11-13-15-17-21-28-36-45-53-61-78(83)95-74(65-89-76(81)59-51-43-35-27-22-18-19-24-31-39-47-55-69(2)3)67-93-97(85,86)91-63-73(80)64-92-98(87,88)94-68-75(66-90-77(82)60-52-44-38-30-33-41-49-57-71(6)7)96-79(84)62-54-46-37-29-23-25-32-40-48-56-70(4)5/h69-75,80H,9-68H2,1-8H3,(H,85,86)(H,87,88)/t72?,73?,74-,75-/m1/s1. The van der Waals surface area contributed by atoms with Crippen molar-refractivity contribution in [2.45, 2.75) is 420 Å². The number of aliphatic hydroxyl groups excluding tert-OH is 1. The molecule has 0 heterocycles. The van der Waals surface area contributed by atoms with Gasteiger partial charge < -0.3 is 33.8 Å². The van der Waals surface area contributed by atoms with E-state index in [1.54, 1.807) is 0 Å². The van der Waals surface area contributed by atoms with Crippen molar-refractivity contribution in [2.75, 3.05) is 39.6 Å². The predicted molar refractivity (Wildman–Crippen MR) is 400 cm³/mol. The number of phosphoric ester groups is 2. The average molecular weight is 1440 g/mol. The number of hydrogen-bond acceptors (Lipinski definition) is 15. The first-order chi connectivity index (χ1) is 47.1. The summed E-state index contributed by atoms with van der Waals surface area (Å²) in [6.45, 7) is 14.2. The highest BCUT2D eigenvalue weighted by molar-refractivity contribution is 7.47. The van der Waals surface area contributed by atoms with E-state index in [-0.39, 0.29) is 25.7 Å². The summed E-state index contributed by atoms with van der Waals surface area (Å²) >= 11 is 0. The Bertz CT molecular complexity index is 1920. The first kappa shape index (κ1) is 96.1. The van der Waals surface area contributed by atoms with Crippen LogP contribution in [0.1, 0.15) is 402 Å². The topological polar surface area (TPSA) is 237 Å². The fourth-order valence-electron chi connectivity index (χ4n) is 12.0. The number of carbonyl (C=O) groups excluding carboxylic acids is 4. The van der Waals surface area contributed by atoms with Crippen molar-refractivity contribution in [3.63, 3.8) is 0 Å². The molecule has 0 spiro atoms. The molecule has 6 atom stereocenters. The second-order valence-corrected chi connectivity index (χ2v) is 33.0. The predicted octanol–water partition coefficient (Wildman–Crippen LogP) is 23.2. The maximum Gasteiger partial charge on any atom is 0.472 e. The zero-order valence-corrected chi connectivity index (χ0v) is 66.2. The van der Waals surface area contributed by atoms with Crippen LogP contribution in [0.25, 0.3) is 0 Å². The molecule has 0 aromatic carbocycles. The molecule has 98 heavy (non-hydrogen) atoms. The molecule has 0 aliphatic carbocycles. The molecule has 582 valence electrons. The normalized spacial score (nSPS) is 14.3. The van der Waals surface area contributed by atoms with Crippen molar-refractivity contribution in [1.29, 1.82) is 0 Å². The Morgan fingerprint density at radius 1 is 0.286 bits per heavy atom. The van der Waals surface area contributed by atoms with Gasteiger partial charge in [-0.25, -0.2) is 9.13 Å². The van der Waals surface area contributed by atoms with Crippen LogP contribution in [0.5, 0.6) is 0 Å². The molecule has 0 aromatic heterocycles. The minimum atomic E-state index is -4.96. The van der Waals surface area contributed by atoms with Gasteiger partial charge in [0.05, 0.1) is 26.4 Å². The van der Waals surface area contributed by atoms with Crippen LogP contribution < -0.4 is 0 Å². The number of unbranched alkanes of at least 4 members (excludes halogenated alkanes) is 41. The van der Waals surface area contributed by atoms with E-state index < -0.39 is 97.5 Å². The fraction of sp³-hybridized carbons (Fsp3) is 0.949. The summed E-state index contributed by atoms with van der Waals surface area (Å²) in [5.41, 5.74) is 0. The molecule has 3 N–H and O–H groups in total. The molecule has 0 fully saturated rings. The Balaban J connectivity index is 5.20. The van der Waals surface area contributed by atoms with Gasteiger partial charge in [-0.1, -0.05) is 351 Å². The lowest BCUT2D eigenvalue weighted by molar-refractivity contribution is -0.161. The van der Waals surface area contributed by atoms with Gasteiger partial charge in [0.2, 0.25) is 0 Å². The van der Waals surface area contributed by atoms with Crippen LogP contribution in [0, 0.1) is 23.7 Å². The molecule has 0 saturated heterocycles. The molecule has 4 unspecified atom stereocenters. The van der Waals surface area contributed by atoms with E-state index >= 15 is 0 Å². The highest BCUT2D eigenvalue weighted by Gasteiger charge is 2.30. The van der Waals surface area contributed by atoms with E-state index in [1.165, 1.54) is 199 Å². The van der Waals surface area contributed by atoms with Crippen molar-refractivity contribution in [1.82, 2.24) is 0 Å². The minimum Gasteiger partial charge on any atom is -0.462 e. The summed E-state index contributed by atoms with van der Waals surface area (Å²) in [7, 11) is -9.92. The molecular weight excluding hydrogens is 1280 g/mol. The Kier molecular flexibility index (Phi) is 66.8. The first-order valence-corrected chi connectivity index (χ1v) is 43.7. The van der Waals surface area contributed by atoms with Crippen LogP contribution in [-0.2, 0) is 65.4 Å². The Morgan fingerprint density at radius 3 is 0.724 bits per heavy atom. The fourth-order valence-corrected chi connectivity index (χ4v) is 13.6. The SMILES string of the molecule is CCC(C)CCCCCCCCCCCCCCCCCCCCC(=O)O[C@H](COC(=O)CCCCCCCCCCCCCC(C)C)COP(=O)(O)OCC(O)COP(=O)(O)OC[C@@H](COC(=O)CCCCCCCCCC(C)C)OC(=O)CCCCCCCCCCCC(C)C. The summed E-state index contributed by atoms with van der Waals surface area (Å²) in [5.74, 6) is 0.964. The van der Waals surface area contributed by atoms with Gasteiger partial charge in [0.15, 0.2) is 12.2 Å². The van der Waals surface area contributed by atoms with Gasteiger partial charge in [-0.05, 0) is 49.4 Å². The summed E-state index contributed by atoms with van der Waals surface area (Å²) in [6.07, 6.45) is 54.3. The molecule has 0 amide bonds. The molecule has 17 nitrogen and oxygen atoms in total. The third-order valence-electron chi connectivity index (χ3n) is 18.7. The molecule has 0 aliphatic heterocycles. The number of carbonyl (C=O) groups is 4. The highest BCUT2D eigenvalue weighted by Crippen LogP contribution is 2.45. The van der Waals surface area contributed by atoms with E-state index in [2.05, 4.69) is 55.4 Å². The molecule has 0 aliphatic rings. The Labute approximate surface area is 600 Å². The number of rotatable bonds is 76. The van der Waals surface area contributed by atoms with Gasteiger partial charge >= 0.3 is 39.5 Å². The Morgan fingerprint density at radius 2 is 0.490 bits per heavy atom. The zero-order valence-electron chi connectivity index (χ0n) is 64.4. The molecule has 0 rings (SSSR count). The lowest BCUT2D eigenvalue weighted by atomic mass is 9.99. The van der Waals surface area contributed by atoms with Crippen LogP contribution in [0.3, 0.4) is 0 Å². The maximum atomic E-state index is 13.1. The van der Waals surface area contributed by atoms with E-state index in [4.69, 9.17) is 37.0 Å². The van der Waals surface area contributed by atoms with Gasteiger partial charge in [0, 0.05) is 25.7 Å². The quantitative estimate of drug-likeness (QED) is 0.0222. The molecule has 19 heteroatoms. The number of aliphatic hydroxyl groups is 1. The van der Waals surface area contributed by atoms with E-state index in [1.807, 2.05) is 0 Å². The van der Waals surface area contributed by atoms with Gasteiger partial charge in [0.25, 0.3) is 0 Å². The third-order valence-corrected chi connectivity index (χ3v) is 20.6. The zero-order chi connectivity index (χ0) is 72.4. The van der Waals surface area contributed by atoms with Crippen LogP contribution in [0.15, 0.2) is 0 Å².